The topological polar surface area (TPSA) is 95.4 Å². The van der Waals surface area contributed by atoms with E-state index in [1.165, 1.54) is 6.42 Å². The SMILES string of the molecule is Cc1cnc(C(=O)N2CCC([C@H]3CCCCN3C(=O)CC3CCN(c4ncccn4)CC3)CC2)cn1. The van der Waals surface area contributed by atoms with Crippen LogP contribution in [-0.4, -0.2) is 80.3 Å². The number of anilines is 1. The largest absolute Gasteiger partial charge is 0.341 e. The molecule has 3 aliphatic rings. The van der Waals surface area contributed by atoms with Crippen molar-refractivity contribution < 1.29 is 9.59 Å². The summed E-state index contributed by atoms with van der Waals surface area (Å²) < 4.78 is 0. The van der Waals surface area contributed by atoms with E-state index in [9.17, 15) is 9.59 Å². The predicted octanol–water partition coefficient (Wildman–Crippen LogP) is 3.12. The van der Waals surface area contributed by atoms with Crippen molar-refractivity contribution in [3.63, 3.8) is 0 Å². The lowest BCUT2D eigenvalue weighted by Gasteiger charge is -2.44. The van der Waals surface area contributed by atoms with Gasteiger partial charge >= 0.3 is 0 Å². The lowest BCUT2D eigenvalue weighted by atomic mass is 9.83. The van der Waals surface area contributed by atoms with E-state index in [4.69, 9.17) is 0 Å². The molecule has 3 fully saturated rings. The molecule has 2 amide bonds. The number of aromatic nitrogens is 4. The van der Waals surface area contributed by atoms with Crippen molar-refractivity contribution in [2.45, 2.75) is 64.3 Å². The van der Waals surface area contributed by atoms with Crippen LogP contribution in [0.4, 0.5) is 5.95 Å². The van der Waals surface area contributed by atoms with Crippen LogP contribution in [0, 0.1) is 18.8 Å². The molecule has 1 atom stereocenters. The highest BCUT2D eigenvalue weighted by Crippen LogP contribution is 2.33. The zero-order valence-corrected chi connectivity index (χ0v) is 21.3. The van der Waals surface area contributed by atoms with Gasteiger partial charge in [-0.1, -0.05) is 0 Å². The molecule has 0 spiro atoms. The van der Waals surface area contributed by atoms with Crippen LogP contribution in [0.3, 0.4) is 0 Å². The molecule has 0 unspecified atom stereocenters. The quantitative estimate of drug-likeness (QED) is 0.634. The fourth-order valence-electron chi connectivity index (χ4n) is 6.07. The number of carbonyl (C=O) groups excluding carboxylic acids is 2. The van der Waals surface area contributed by atoms with Gasteiger partial charge < -0.3 is 14.7 Å². The first-order valence-corrected chi connectivity index (χ1v) is 13.5. The van der Waals surface area contributed by atoms with Crippen LogP contribution in [-0.2, 0) is 4.79 Å². The van der Waals surface area contributed by atoms with Gasteiger partial charge in [0.15, 0.2) is 0 Å². The van der Waals surface area contributed by atoms with E-state index >= 15 is 0 Å². The molecule has 2 aromatic heterocycles. The lowest BCUT2D eigenvalue weighted by Crippen LogP contribution is -2.51. The van der Waals surface area contributed by atoms with Crippen molar-refractivity contribution >= 4 is 17.8 Å². The second-order valence-corrected chi connectivity index (χ2v) is 10.5. The van der Waals surface area contributed by atoms with Crippen LogP contribution < -0.4 is 4.90 Å². The number of aryl methyl sites for hydroxylation is 1. The van der Waals surface area contributed by atoms with Crippen molar-refractivity contribution in [2.75, 3.05) is 37.6 Å². The van der Waals surface area contributed by atoms with Gasteiger partial charge in [0.25, 0.3) is 5.91 Å². The van der Waals surface area contributed by atoms with E-state index in [1.807, 2.05) is 17.9 Å². The Bertz CT molecular complexity index is 1020. The van der Waals surface area contributed by atoms with Crippen molar-refractivity contribution in [3.8, 4) is 0 Å². The fourth-order valence-corrected chi connectivity index (χ4v) is 6.07. The third kappa shape index (κ3) is 5.65. The van der Waals surface area contributed by atoms with E-state index in [1.54, 1.807) is 24.8 Å². The van der Waals surface area contributed by atoms with Crippen LogP contribution in [0.1, 0.15) is 67.5 Å². The van der Waals surface area contributed by atoms with Crippen molar-refractivity contribution in [1.29, 1.82) is 0 Å². The maximum absolute atomic E-state index is 13.5. The van der Waals surface area contributed by atoms with Crippen molar-refractivity contribution in [3.05, 3.63) is 42.2 Å². The molecule has 36 heavy (non-hydrogen) atoms. The maximum atomic E-state index is 13.5. The minimum atomic E-state index is -0.0372. The zero-order chi connectivity index (χ0) is 24.9. The molecule has 2 aromatic rings. The van der Waals surface area contributed by atoms with Crippen LogP contribution in [0.15, 0.2) is 30.9 Å². The molecular weight excluding hydrogens is 454 g/mol. The Balaban J connectivity index is 1.13. The number of piperidine rings is 3. The Morgan fingerprint density at radius 1 is 0.861 bits per heavy atom. The summed E-state index contributed by atoms with van der Waals surface area (Å²) in [4.78, 5) is 49.8. The summed E-state index contributed by atoms with van der Waals surface area (Å²) in [5.41, 5.74) is 1.22. The van der Waals surface area contributed by atoms with Crippen LogP contribution in [0.2, 0.25) is 0 Å². The monoisotopic (exact) mass is 491 g/mol. The number of amides is 2. The summed E-state index contributed by atoms with van der Waals surface area (Å²) in [6.07, 6.45) is 14.7. The molecule has 192 valence electrons. The Morgan fingerprint density at radius 3 is 2.31 bits per heavy atom. The molecule has 5 rings (SSSR count). The summed E-state index contributed by atoms with van der Waals surface area (Å²) >= 11 is 0. The maximum Gasteiger partial charge on any atom is 0.274 e. The highest BCUT2D eigenvalue weighted by atomic mass is 16.2. The highest BCUT2D eigenvalue weighted by Gasteiger charge is 2.36. The second kappa shape index (κ2) is 11.3. The summed E-state index contributed by atoms with van der Waals surface area (Å²) in [6, 6.07) is 2.14. The van der Waals surface area contributed by atoms with Gasteiger partial charge in [0.1, 0.15) is 5.69 Å². The zero-order valence-electron chi connectivity index (χ0n) is 21.3. The first-order chi connectivity index (χ1) is 17.6. The molecule has 0 radical (unpaired) electrons. The number of rotatable bonds is 5. The standard InChI is InChI=1S/C27H37N7O2/c1-20-18-31-23(19-30-20)26(36)32-15-8-22(9-16-32)24-5-2-3-12-34(24)25(35)17-21-6-13-33(14-7-21)27-28-10-4-11-29-27/h4,10-11,18-19,21-22,24H,2-3,5-9,12-17H2,1H3/t24-/m1/s1. The lowest BCUT2D eigenvalue weighted by molar-refractivity contribution is -0.138. The van der Waals surface area contributed by atoms with Crippen LogP contribution in [0.5, 0.6) is 0 Å². The summed E-state index contributed by atoms with van der Waals surface area (Å²) in [7, 11) is 0. The molecule has 0 saturated carbocycles. The predicted molar refractivity (Wildman–Crippen MR) is 136 cm³/mol. The molecule has 0 aromatic carbocycles. The van der Waals surface area contributed by atoms with Crippen LogP contribution in [0.25, 0.3) is 0 Å². The third-order valence-corrected chi connectivity index (χ3v) is 8.15. The van der Waals surface area contributed by atoms with E-state index in [0.717, 1.165) is 82.9 Å². The summed E-state index contributed by atoms with van der Waals surface area (Å²) in [5, 5.41) is 0. The average molecular weight is 492 g/mol. The van der Waals surface area contributed by atoms with Crippen molar-refractivity contribution in [1.82, 2.24) is 29.7 Å². The molecule has 0 N–H and O–H groups in total. The molecule has 0 bridgehead atoms. The van der Waals surface area contributed by atoms with E-state index < -0.39 is 0 Å². The third-order valence-electron chi connectivity index (χ3n) is 8.15. The average Bonchev–Trinajstić information content (AvgIpc) is 2.94. The Kier molecular flexibility index (Phi) is 7.72. The van der Waals surface area contributed by atoms with Crippen LogP contribution >= 0.6 is 0 Å². The van der Waals surface area contributed by atoms with E-state index in [0.29, 0.717) is 35.9 Å². The normalized spacial score (nSPS) is 22.0. The van der Waals surface area contributed by atoms with Gasteiger partial charge in [0, 0.05) is 63.8 Å². The molecule has 9 nitrogen and oxygen atoms in total. The molecule has 0 aliphatic carbocycles. The molecule has 9 heteroatoms. The number of carbonyl (C=O) groups is 2. The minimum absolute atomic E-state index is 0.0372. The van der Waals surface area contributed by atoms with Gasteiger partial charge in [0.05, 0.1) is 11.9 Å². The number of hydrogen-bond donors (Lipinski definition) is 0. The summed E-state index contributed by atoms with van der Waals surface area (Å²) in [6.45, 7) is 5.99. The Hall–Kier alpha value is -3.10. The van der Waals surface area contributed by atoms with Gasteiger partial charge in [-0.15, -0.1) is 0 Å². The first kappa shape index (κ1) is 24.6. The molecular formula is C27H37N7O2. The molecule has 3 aliphatic heterocycles. The number of hydrogen-bond acceptors (Lipinski definition) is 7. The summed E-state index contributed by atoms with van der Waals surface area (Å²) in [5.74, 6) is 1.96. The second-order valence-electron chi connectivity index (χ2n) is 10.5. The van der Waals surface area contributed by atoms with E-state index in [-0.39, 0.29) is 5.91 Å². The number of likely N-dealkylation sites (tertiary alicyclic amines) is 2. The van der Waals surface area contributed by atoms with Gasteiger partial charge in [-0.2, -0.15) is 0 Å². The van der Waals surface area contributed by atoms with E-state index in [2.05, 4.69) is 29.7 Å². The van der Waals surface area contributed by atoms with Gasteiger partial charge in [-0.25, -0.2) is 15.0 Å². The number of nitrogens with zero attached hydrogens (tertiary/aromatic N) is 7. The smallest absolute Gasteiger partial charge is 0.274 e. The van der Waals surface area contributed by atoms with Gasteiger partial charge in [-0.3, -0.25) is 14.6 Å². The van der Waals surface area contributed by atoms with Gasteiger partial charge in [0.2, 0.25) is 11.9 Å². The first-order valence-electron chi connectivity index (χ1n) is 13.5. The molecule has 5 heterocycles. The molecule has 3 saturated heterocycles. The Morgan fingerprint density at radius 2 is 1.61 bits per heavy atom. The van der Waals surface area contributed by atoms with Gasteiger partial charge in [-0.05, 0) is 69.8 Å². The fraction of sp³-hybridized carbons (Fsp3) is 0.630. The Labute approximate surface area is 213 Å². The minimum Gasteiger partial charge on any atom is -0.341 e. The highest BCUT2D eigenvalue weighted by molar-refractivity contribution is 5.92. The van der Waals surface area contributed by atoms with Crippen molar-refractivity contribution in [2.24, 2.45) is 11.8 Å².